The average molecular weight is 548 g/mol. The Balaban J connectivity index is 1.73. The third kappa shape index (κ3) is 6.64. The van der Waals surface area contributed by atoms with Crippen molar-refractivity contribution in [3.05, 3.63) is 17.2 Å². The molecule has 1 aliphatic carbocycles. The highest BCUT2D eigenvalue weighted by Gasteiger charge is 2.54. The van der Waals surface area contributed by atoms with Gasteiger partial charge in [0.2, 0.25) is 11.8 Å². The molecule has 3 N–H and O–H groups in total. The molecule has 10 nitrogen and oxygen atoms in total. The van der Waals surface area contributed by atoms with Gasteiger partial charge < -0.3 is 39.3 Å². The van der Waals surface area contributed by atoms with Gasteiger partial charge in [-0.1, -0.05) is 13.8 Å². The first-order chi connectivity index (χ1) is 18.3. The second-order valence-electron chi connectivity index (χ2n) is 11.8. The van der Waals surface area contributed by atoms with Crippen molar-refractivity contribution in [2.24, 2.45) is 11.8 Å². The predicted molar refractivity (Wildman–Crippen MR) is 148 cm³/mol. The number of carbonyl (C=O) groups excluding carboxylic acids is 2. The summed E-state index contributed by atoms with van der Waals surface area (Å²) in [6.07, 6.45) is 2.17. The summed E-state index contributed by atoms with van der Waals surface area (Å²) in [5, 5.41) is 15.8. The van der Waals surface area contributed by atoms with E-state index in [2.05, 4.69) is 24.5 Å². The minimum Gasteiger partial charge on any atom is -0.496 e. The lowest BCUT2D eigenvalue weighted by Crippen LogP contribution is -2.56. The largest absolute Gasteiger partial charge is 0.496 e. The molecule has 39 heavy (non-hydrogen) atoms. The van der Waals surface area contributed by atoms with Gasteiger partial charge in [-0.15, -0.1) is 0 Å². The summed E-state index contributed by atoms with van der Waals surface area (Å²) in [7, 11) is 4.07. The number of amides is 2. The fourth-order valence-electron chi connectivity index (χ4n) is 5.21. The van der Waals surface area contributed by atoms with E-state index in [0.717, 1.165) is 11.1 Å². The highest BCUT2D eigenvalue weighted by molar-refractivity contribution is 6.48. The fraction of sp³-hybridized carbons (Fsp3) is 0.714. The highest BCUT2D eigenvalue weighted by atomic mass is 16.7. The summed E-state index contributed by atoms with van der Waals surface area (Å²) in [4.78, 5) is 26.6. The molecule has 2 unspecified atom stereocenters. The van der Waals surface area contributed by atoms with Gasteiger partial charge in [0.1, 0.15) is 11.8 Å². The topological polar surface area (TPSA) is 125 Å². The third-order valence-electron chi connectivity index (χ3n) is 8.10. The van der Waals surface area contributed by atoms with Gasteiger partial charge in [-0.25, -0.2) is 0 Å². The van der Waals surface area contributed by atoms with E-state index in [0.29, 0.717) is 42.9 Å². The second kappa shape index (κ2) is 12.3. The Kier molecular flexibility index (Phi) is 9.83. The number of aliphatic hydroxyl groups is 1. The molecule has 0 aromatic heterocycles. The Bertz CT molecular complexity index is 1010. The highest BCUT2D eigenvalue weighted by Crippen LogP contribution is 2.44. The predicted octanol–water partition coefficient (Wildman–Crippen LogP) is 2.46. The van der Waals surface area contributed by atoms with Crippen LogP contribution < -0.4 is 24.8 Å². The van der Waals surface area contributed by atoms with Crippen LogP contribution >= 0.6 is 0 Å². The minimum absolute atomic E-state index is 0.253. The molecule has 1 aliphatic heterocycles. The van der Waals surface area contributed by atoms with Crippen molar-refractivity contribution >= 4 is 18.9 Å². The molecule has 2 amide bonds. The maximum absolute atomic E-state index is 13.3. The van der Waals surface area contributed by atoms with Crippen LogP contribution in [0.2, 0.25) is 0 Å². The molecular weight excluding hydrogens is 503 g/mol. The zero-order valence-electron chi connectivity index (χ0n) is 24.8. The minimum atomic E-state index is -1.11. The monoisotopic (exact) mass is 548 g/mol. The number of hydrogen-bond donors (Lipinski definition) is 3. The molecule has 1 heterocycles. The van der Waals surface area contributed by atoms with E-state index >= 15 is 0 Å². The van der Waals surface area contributed by atoms with E-state index in [-0.39, 0.29) is 11.8 Å². The van der Waals surface area contributed by atoms with E-state index in [1.54, 1.807) is 27.4 Å². The van der Waals surface area contributed by atoms with Gasteiger partial charge in [0.25, 0.3) is 0 Å². The summed E-state index contributed by atoms with van der Waals surface area (Å²) >= 11 is 0. The van der Waals surface area contributed by atoms with Gasteiger partial charge in [-0.2, -0.15) is 0 Å². The average Bonchev–Trinajstić information content (AvgIpc) is 3.11. The Hall–Kier alpha value is -2.50. The van der Waals surface area contributed by atoms with Crippen LogP contribution in [0, 0.1) is 11.8 Å². The molecule has 0 spiro atoms. The standard InChI is InChI=1S/C28H45BN2O8/c1-16(2)12-23(29-38-27(3,4)28(5,6)39-29)31-26(34)20(15-32)30-25(33)17-10-11-18-19(13-17)24(37-9)22(36-8)14-21(18)35-7/h14,16-17,20,23,32H,10-13,15H2,1-9H3,(H,30,33)(H,31,34)/t17?,20-,23?/m0/s1. The first-order valence-corrected chi connectivity index (χ1v) is 13.7. The van der Waals surface area contributed by atoms with Crippen LogP contribution in [0.1, 0.15) is 65.5 Å². The number of rotatable bonds is 11. The molecule has 1 saturated heterocycles. The summed E-state index contributed by atoms with van der Waals surface area (Å²) in [5.74, 6) is 0.380. The SMILES string of the molecule is COc1cc(OC)c(OC)c2c1CCC(C(=O)N[C@@H](CO)C(=O)NC(CC(C)C)B1OC(C)(C)C(C)(C)O1)C2. The van der Waals surface area contributed by atoms with Gasteiger partial charge in [0, 0.05) is 23.1 Å². The van der Waals surface area contributed by atoms with Crippen LogP contribution in [0.25, 0.3) is 0 Å². The number of fused-ring (bicyclic) bond motifs is 1. The smallest absolute Gasteiger partial charge is 0.481 e. The van der Waals surface area contributed by atoms with Crippen LogP contribution in [-0.4, -0.2) is 75.2 Å². The van der Waals surface area contributed by atoms with E-state index in [4.69, 9.17) is 23.5 Å². The van der Waals surface area contributed by atoms with E-state index in [9.17, 15) is 14.7 Å². The number of benzene rings is 1. The number of ether oxygens (including phenoxy) is 3. The number of hydrogen-bond acceptors (Lipinski definition) is 8. The van der Waals surface area contributed by atoms with E-state index < -0.39 is 48.7 Å². The van der Waals surface area contributed by atoms with Crippen LogP contribution in [0.15, 0.2) is 6.07 Å². The Labute approximate surface area is 232 Å². The zero-order valence-corrected chi connectivity index (χ0v) is 24.8. The second-order valence-corrected chi connectivity index (χ2v) is 11.8. The van der Waals surface area contributed by atoms with Crippen molar-refractivity contribution in [3.63, 3.8) is 0 Å². The quantitative estimate of drug-likeness (QED) is 0.361. The molecule has 0 radical (unpaired) electrons. The normalized spacial score (nSPS) is 21.1. The van der Waals surface area contributed by atoms with Crippen LogP contribution in [0.3, 0.4) is 0 Å². The lowest BCUT2D eigenvalue weighted by molar-refractivity contribution is -0.132. The Morgan fingerprint density at radius 3 is 2.15 bits per heavy atom. The van der Waals surface area contributed by atoms with Gasteiger partial charge in [-0.05, 0) is 59.3 Å². The van der Waals surface area contributed by atoms with Gasteiger partial charge >= 0.3 is 7.12 Å². The maximum atomic E-state index is 13.3. The molecule has 11 heteroatoms. The molecule has 2 aliphatic rings. The van der Waals surface area contributed by atoms with Gasteiger partial charge in [-0.3, -0.25) is 9.59 Å². The summed E-state index contributed by atoms with van der Waals surface area (Å²) in [6, 6.07) is 0.676. The van der Waals surface area contributed by atoms with Gasteiger partial charge in [0.05, 0.1) is 45.1 Å². The Morgan fingerprint density at radius 2 is 1.64 bits per heavy atom. The third-order valence-corrected chi connectivity index (χ3v) is 8.10. The number of methoxy groups -OCH3 is 3. The van der Waals surface area contributed by atoms with Crippen molar-refractivity contribution in [1.82, 2.24) is 10.6 Å². The molecule has 3 atom stereocenters. The van der Waals surface area contributed by atoms with Crippen molar-refractivity contribution < 1.29 is 38.2 Å². The molecule has 0 bridgehead atoms. The number of nitrogens with one attached hydrogen (secondary N) is 2. The molecular formula is C28H45BN2O8. The first-order valence-electron chi connectivity index (χ1n) is 13.7. The van der Waals surface area contributed by atoms with Crippen molar-refractivity contribution in [3.8, 4) is 17.2 Å². The van der Waals surface area contributed by atoms with Crippen molar-refractivity contribution in [2.75, 3.05) is 27.9 Å². The Morgan fingerprint density at radius 1 is 1.03 bits per heavy atom. The van der Waals surface area contributed by atoms with Gasteiger partial charge in [0.15, 0.2) is 11.5 Å². The van der Waals surface area contributed by atoms with E-state index in [1.165, 1.54) is 0 Å². The van der Waals surface area contributed by atoms with E-state index in [1.807, 2.05) is 27.7 Å². The van der Waals surface area contributed by atoms with Crippen molar-refractivity contribution in [1.29, 1.82) is 0 Å². The number of aliphatic hydroxyl groups excluding tert-OH is 1. The lowest BCUT2D eigenvalue weighted by atomic mass is 9.74. The first kappa shape index (κ1) is 31.0. The van der Waals surface area contributed by atoms with Crippen molar-refractivity contribution in [2.45, 2.75) is 90.4 Å². The molecule has 0 saturated carbocycles. The number of carbonyl (C=O) groups is 2. The zero-order chi connectivity index (χ0) is 29.1. The molecule has 1 fully saturated rings. The summed E-state index contributed by atoms with van der Waals surface area (Å²) < 4.78 is 29.0. The molecule has 3 rings (SSSR count). The summed E-state index contributed by atoms with van der Waals surface area (Å²) in [6.45, 7) is 11.4. The maximum Gasteiger partial charge on any atom is 0.481 e. The molecule has 218 valence electrons. The van der Waals surface area contributed by atoms with Crippen LogP contribution in [0.5, 0.6) is 17.2 Å². The van der Waals surface area contributed by atoms with Crippen LogP contribution in [-0.2, 0) is 31.7 Å². The molecule has 1 aromatic rings. The summed E-state index contributed by atoms with van der Waals surface area (Å²) in [5.41, 5.74) is 0.732. The molecule has 1 aromatic carbocycles. The fourth-order valence-corrected chi connectivity index (χ4v) is 5.21. The lowest BCUT2D eigenvalue weighted by Gasteiger charge is -2.32. The van der Waals surface area contributed by atoms with Crippen LogP contribution in [0.4, 0.5) is 0 Å².